The van der Waals surface area contributed by atoms with Gasteiger partial charge in [0.1, 0.15) is 6.73 Å². The molecule has 0 atom stereocenters. The van der Waals surface area contributed by atoms with Crippen LogP contribution in [-0.4, -0.2) is 49.6 Å². The van der Waals surface area contributed by atoms with Gasteiger partial charge < -0.3 is 25.9 Å². The molecule has 0 aliphatic heterocycles. The topological polar surface area (TPSA) is 124 Å². The van der Waals surface area contributed by atoms with Crippen LogP contribution in [-0.2, 0) is 14.3 Å². The van der Waals surface area contributed by atoms with Crippen LogP contribution < -0.4 is 10.6 Å². The Balaban J connectivity index is 2.73. The van der Waals surface area contributed by atoms with E-state index in [2.05, 4.69) is 35.3 Å². The lowest BCUT2D eigenvalue weighted by atomic mass is 10.2. The van der Waals surface area contributed by atoms with E-state index in [0.29, 0.717) is 17.9 Å². The first-order valence-corrected chi connectivity index (χ1v) is 10.8. The summed E-state index contributed by atoms with van der Waals surface area (Å²) in [6, 6.07) is 1.02. The number of carbonyl (C=O) groups is 2. The molecule has 0 spiro atoms. The number of pyridine rings is 1. The van der Waals surface area contributed by atoms with Crippen molar-refractivity contribution in [1.29, 1.82) is 5.41 Å². The predicted octanol–water partition coefficient (Wildman–Crippen LogP) is 1.83. The second-order valence-electron chi connectivity index (χ2n) is 6.09. The molecule has 1 amide bonds. The highest BCUT2D eigenvalue weighted by Crippen LogP contribution is 2.23. The lowest BCUT2D eigenvalue weighted by Crippen LogP contribution is -2.24. The molecule has 0 aliphatic rings. The number of aromatic nitrogens is 1. The molecule has 1 heterocycles. The van der Waals surface area contributed by atoms with E-state index >= 15 is 0 Å². The number of anilines is 2. The average molecular weight is 338 g/mol. The van der Waals surface area contributed by atoms with Gasteiger partial charge in [-0.25, -0.2) is 4.79 Å². The minimum Gasteiger partial charge on any atom is -0.474 e. The molecule has 0 saturated heterocycles. The minimum atomic E-state index is -1.59. The number of nitrogens with one attached hydrogen (secondary N) is 3. The van der Waals surface area contributed by atoms with Gasteiger partial charge in [-0.2, -0.15) is 0 Å². The highest BCUT2D eigenvalue weighted by atomic mass is 28.3. The van der Waals surface area contributed by atoms with Crippen molar-refractivity contribution in [2.75, 3.05) is 24.0 Å². The van der Waals surface area contributed by atoms with Crippen molar-refractivity contribution in [2.24, 2.45) is 0 Å². The Morgan fingerprint density at radius 3 is 2.65 bits per heavy atom. The standard InChI is InChI=1S/C14H22N4O4Si/c1-23(2,3)5-4-22-9-17-12-10(6-15)7-16-8-11(12)18-13(19)14(20)21/h6-8,15H,4-5,9H2,1-3H3,(H,16,17)(H,18,19)(H,20,21). The lowest BCUT2D eigenvalue weighted by Gasteiger charge is -2.17. The Labute approximate surface area is 135 Å². The van der Waals surface area contributed by atoms with E-state index in [9.17, 15) is 9.59 Å². The largest absolute Gasteiger partial charge is 0.474 e. The number of amides is 1. The molecule has 0 aromatic carbocycles. The fourth-order valence-corrected chi connectivity index (χ4v) is 2.38. The molecule has 0 unspecified atom stereocenters. The highest BCUT2D eigenvalue weighted by molar-refractivity contribution is 6.76. The number of hydrogen-bond acceptors (Lipinski definition) is 6. The molecule has 9 heteroatoms. The van der Waals surface area contributed by atoms with Crippen molar-refractivity contribution in [1.82, 2.24) is 4.98 Å². The van der Waals surface area contributed by atoms with Gasteiger partial charge in [0.25, 0.3) is 0 Å². The Morgan fingerprint density at radius 2 is 2.09 bits per heavy atom. The van der Waals surface area contributed by atoms with E-state index in [-0.39, 0.29) is 12.4 Å². The molecule has 126 valence electrons. The van der Waals surface area contributed by atoms with Gasteiger partial charge in [-0.3, -0.25) is 9.78 Å². The molecule has 0 radical (unpaired) electrons. The SMILES string of the molecule is C[Si](C)(C)CCOCNc1c(C=N)cncc1NC(=O)C(=O)O. The second-order valence-corrected chi connectivity index (χ2v) is 11.7. The number of hydrogen-bond donors (Lipinski definition) is 4. The highest BCUT2D eigenvalue weighted by Gasteiger charge is 2.16. The molecular weight excluding hydrogens is 316 g/mol. The van der Waals surface area contributed by atoms with Gasteiger partial charge in [0.15, 0.2) is 0 Å². The van der Waals surface area contributed by atoms with E-state index in [1.807, 2.05) is 0 Å². The zero-order chi connectivity index (χ0) is 17.5. The van der Waals surface area contributed by atoms with Crippen LogP contribution in [0.15, 0.2) is 12.4 Å². The molecular formula is C14H22N4O4Si. The van der Waals surface area contributed by atoms with Crippen molar-refractivity contribution in [3.63, 3.8) is 0 Å². The summed E-state index contributed by atoms with van der Waals surface area (Å²) < 4.78 is 5.52. The van der Waals surface area contributed by atoms with Crippen LogP contribution in [0.25, 0.3) is 0 Å². The van der Waals surface area contributed by atoms with Crippen LogP contribution in [0, 0.1) is 5.41 Å². The number of rotatable bonds is 8. The summed E-state index contributed by atoms with van der Waals surface area (Å²) in [4.78, 5) is 25.8. The van der Waals surface area contributed by atoms with Gasteiger partial charge in [0.2, 0.25) is 0 Å². The smallest absolute Gasteiger partial charge is 0.394 e. The van der Waals surface area contributed by atoms with E-state index in [1.54, 1.807) is 0 Å². The number of carbonyl (C=O) groups excluding carboxylic acids is 1. The van der Waals surface area contributed by atoms with Gasteiger partial charge >= 0.3 is 11.9 Å². The monoisotopic (exact) mass is 338 g/mol. The maximum atomic E-state index is 11.3. The third kappa shape index (κ3) is 6.57. The van der Waals surface area contributed by atoms with E-state index in [4.69, 9.17) is 15.3 Å². The summed E-state index contributed by atoms with van der Waals surface area (Å²) in [5, 5.41) is 21.2. The number of carboxylic acids is 1. The quantitative estimate of drug-likeness (QED) is 0.188. The molecule has 8 nitrogen and oxygen atoms in total. The first kappa shape index (κ1) is 18.8. The Morgan fingerprint density at radius 1 is 1.39 bits per heavy atom. The number of ether oxygens (including phenoxy) is 1. The summed E-state index contributed by atoms with van der Waals surface area (Å²) in [6.07, 6.45) is 3.82. The Hall–Kier alpha value is -2.26. The molecule has 0 saturated carbocycles. The minimum absolute atomic E-state index is 0.186. The van der Waals surface area contributed by atoms with Gasteiger partial charge in [0, 0.05) is 32.7 Å². The Bertz CT molecular complexity index is 587. The predicted molar refractivity (Wildman–Crippen MR) is 91.0 cm³/mol. The molecule has 23 heavy (non-hydrogen) atoms. The summed E-state index contributed by atoms with van der Waals surface area (Å²) in [6.45, 7) is 7.55. The van der Waals surface area contributed by atoms with Crippen molar-refractivity contribution in [2.45, 2.75) is 25.7 Å². The fourth-order valence-electron chi connectivity index (χ4n) is 1.63. The first-order chi connectivity index (χ1) is 10.7. The van der Waals surface area contributed by atoms with E-state index < -0.39 is 20.0 Å². The summed E-state index contributed by atoms with van der Waals surface area (Å²) in [7, 11) is -1.17. The van der Waals surface area contributed by atoms with Gasteiger partial charge in [-0.05, 0) is 6.04 Å². The zero-order valence-electron chi connectivity index (χ0n) is 13.5. The number of aliphatic carboxylic acids is 1. The second kappa shape index (κ2) is 8.39. The summed E-state index contributed by atoms with van der Waals surface area (Å²) >= 11 is 0. The number of nitrogens with zero attached hydrogens (tertiary/aromatic N) is 1. The molecule has 0 bridgehead atoms. The maximum absolute atomic E-state index is 11.3. The average Bonchev–Trinajstić information content (AvgIpc) is 2.46. The molecule has 0 aliphatic carbocycles. The zero-order valence-corrected chi connectivity index (χ0v) is 14.5. The Kier molecular flexibility index (Phi) is 6.85. The van der Waals surface area contributed by atoms with Crippen LogP contribution >= 0.6 is 0 Å². The third-order valence-corrected chi connectivity index (χ3v) is 4.62. The van der Waals surface area contributed by atoms with Gasteiger partial charge in [-0.15, -0.1) is 0 Å². The maximum Gasteiger partial charge on any atom is 0.394 e. The number of carboxylic acid groups (broad SMARTS) is 1. The van der Waals surface area contributed by atoms with Gasteiger partial charge in [-0.1, -0.05) is 19.6 Å². The molecule has 4 N–H and O–H groups in total. The van der Waals surface area contributed by atoms with Crippen LogP contribution in [0.5, 0.6) is 0 Å². The van der Waals surface area contributed by atoms with Crippen molar-refractivity contribution < 1.29 is 19.4 Å². The summed E-state index contributed by atoms with van der Waals surface area (Å²) in [5.41, 5.74) is 1.01. The van der Waals surface area contributed by atoms with Crippen LogP contribution in [0.3, 0.4) is 0 Å². The van der Waals surface area contributed by atoms with Crippen LogP contribution in [0.4, 0.5) is 11.4 Å². The molecule has 0 fully saturated rings. The first-order valence-electron chi connectivity index (χ1n) is 7.09. The normalized spacial score (nSPS) is 10.9. The summed E-state index contributed by atoms with van der Waals surface area (Å²) in [5.74, 6) is -2.76. The molecule has 1 aromatic rings. The van der Waals surface area contributed by atoms with Crippen molar-refractivity contribution in [3.05, 3.63) is 18.0 Å². The third-order valence-electron chi connectivity index (χ3n) is 2.92. The van der Waals surface area contributed by atoms with Gasteiger partial charge in [0.05, 0.1) is 17.6 Å². The van der Waals surface area contributed by atoms with E-state index in [0.717, 1.165) is 12.3 Å². The molecule has 1 rings (SSSR count). The molecule has 1 aromatic heterocycles. The van der Waals surface area contributed by atoms with E-state index in [1.165, 1.54) is 12.4 Å². The van der Waals surface area contributed by atoms with Crippen LogP contribution in [0.1, 0.15) is 5.56 Å². The van der Waals surface area contributed by atoms with Crippen LogP contribution in [0.2, 0.25) is 25.7 Å². The lowest BCUT2D eigenvalue weighted by molar-refractivity contribution is -0.147. The fraction of sp³-hybridized carbons (Fsp3) is 0.429. The van der Waals surface area contributed by atoms with Crippen molar-refractivity contribution in [3.8, 4) is 0 Å². The van der Waals surface area contributed by atoms with Crippen molar-refractivity contribution >= 4 is 37.5 Å².